The lowest BCUT2D eigenvalue weighted by Crippen LogP contribution is -2.55. The first-order valence-electron chi connectivity index (χ1n) is 7.37. The van der Waals surface area contributed by atoms with Gasteiger partial charge in [0.1, 0.15) is 0 Å². The van der Waals surface area contributed by atoms with Crippen molar-refractivity contribution in [1.29, 1.82) is 0 Å². The zero-order valence-corrected chi connectivity index (χ0v) is 11.5. The van der Waals surface area contributed by atoms with E-state index in [-0.39, 0.29) is 6.10 Å². The Morgan fingerprint density at radius 3 is 2.50 bits per heavy atom. The van der Waals surface area contributed by atoms with Gasteiger partial charge in [0.2, 0.25) is 0 Å². The summed E-state index contributed by atoms with van der Waals surface area (Å²) in [4.78, 5) is 2.47. The van der Waals surface area contributed by atoms with E-state index in [1.54, 1.807) is 0 Å². The fourth-order valence-electron chi connectivity index (χ4n) is 2.93. The summed E-state index contributed by atoms with van der Waals surface area (Å²) in [7, 11) is 0. The van der Waals surface area contributed by atoms with Crippen molar-refractivity contribution in [2.45, 2.75) is 32.3 Å². The number of unbranched alkanes of at least 4 members (excludes halogenated alkanes) is 1. The molecule has 0 aromatic heterocycles. The van der Waals surface area contributed by atoms with Crippen LogP contribution in [-0.2, 0) is 9.47 Å². The van der Waals surface area contributed by atoms with Gasteiger partial charge >= 0.3 is 0 Å². The monoisotopic (exact) mass is 257 g/mol. The zero-order valence-electron chi connectivity index (χ0n) is 11.5. The molecule has 18 heavy (non-hydrogen) atoms. The molecule has 2 heterocycles. The number of hydrogen-bond acceptors (Lipinski definition) is 4. The number of aliphatic hydroxyl groups excluding tert-OH is 1. The molecule has 0 amide bonds. The van der Waals surface area contributed by atoms with Crippen molar-refractivity contribution in [3.8, 4) is 0 Å². The van der Waals surface area contributed by atoms with Crippen LogP contribution in [0.25, 0.3) is 0 Å². The van der Waals surface area contributed by atoms with Crippen LogP contribution in [0.15, 0.2) is 0 Å². The topological polar surface area (TPSA) is 41.9 Å². The van der Waals surface area contributed by atoms with E-state index < -0.39 is 0 Å². The summed E-state index contributed by atoms with van der Waals surface area (Å²) >= 11 is 0. The maximum atomic E-state index is 10.0. The first-order chi connectivity index (χ1) is 8.81. The molecular formula is C14H27NO3. The molecule has 2 atom stereocenters. The summed E-state index contributed by atoms with van der Waals surface area (Å²) in [6.45, 7) is 8.44. The van der Waals surface area contributed by atoms with E-state index in [0.29, 0.717) is 11.8 Å². The van der Waals surface area contributed by atoms with Gasteiger partial charge in [0.15, 0.2) is 0 Å². The second-order valence-corrected chi connectivity index (χ2v) is 5.63. The quantitative estimate of drug-likeness (QED) is 0.694. The first kappa shape index (κ1) is 14.3. The molecule has 2 aliphatic rings. The molecule has 4 heteroatoms. The minimum absolute atomic E-state index is 0.143. The van der Waals surface area contributed by atoms with Crippen LogP contribution >= 0.6 is 0 Å². The van der Waals surface area contributed by atoms with Crippen molar-refractivity contribution in [3.63, 3.8) is 0 Å². The summed E-state index contributed by atoms with van der Waals surface area (Å²) in [6.07, 6.45) is 3.32. The summed E-state index contributed by atoms with van der Waals surface area (Å²) in [5.41, 5.74) is 0. The summed E-state index contributed by atoms with van der Waals surface area (Å²) < 4.78 is 11.1. The molecule has 1 N–H and O–H groups in total. The molecule has 2 aliphatic heterocycles. The van der Waals surface area contributed by atoms with E-state index >= 15 is 0 Å². The maximum absolute atomic E-state index is 10.0. The highest BCUT2D eigenvalue weighted by Gasteiger charge is 2.38. The highest BCUT2D eigenvalue weighted by atomic mass is 16.5. The third-order valence-electron chi connectivity index (χ3n) is 4.02. The number of nitrogens with zero attached hydrogens (tertiary/aromatic N) is 1. The second kappa shape index (κ2) is 7.43. The summed E-state index contributed by atoms with van der Waals surface area (Å²) in [6, 6.07) is 0. The van der Waals surface area contributed by atoms with Gasteiger partial charge in [-0.25, -0.2) is 0 Å². The molecule has 2 saturated heterocycles. The standard InChI is InChI=1S/C14H27NO3/c1-2-3-6-17-7-4-5-15-8-12-10-18-11-13(9-15)14(12)16/h12-14,16H,2-11H2,1H3. The van der Waals surface area contributed by atoms with Crippen molar-refractivity contribution in [3.05, 3.63) is 0 Å². The summed E-state index contributed by atoms with van der Waals surface area (Å²) in [5.74, 6) is 0.636. The Labute approximate surface area is 110 Å². The predicted molar refractivity (Wildman–Crippen MR) is 70.6 cm³/mol. The van der Waals surface area contributed by atoms with Crippen molar-refractivity contribution in [1.82, 2.24) is 4.90 Å². The number of hydrogen-bond donors (Lipinski definition) is 1. The van der Waals surface area contributed by atoms with E-state index in [1.807, 2.05) is 0 Å². The number of ether oxygens (including phenoxy) is 2. The Morgan fingerprint density at radius 2 is 1.83 bits per heavy atom. The Bertz CT molecular complexity index is 223. The Morgan fingerprint density at radius 1 is 1.17 bits per heavy atom. The average molecular weight is 257 g/mol. The molecule has 0 aromatic rings. The smallest absolute Gasteiger partial charge is 0.0665 e. The number of fused-ring (bicyclic) bond motifs is 2. The highest BCUT2D eigenvalue weighted by Crippen LogP contribution is 2.27. The minimum Gasteiger partial charge on any atom is -0.392 e. The molecule has 2 rings (SSSR count). The molecule has 2 fully saturated rings. The van der Waals surface area contributed by atoms with E-state index in [2.05, 4.69) is 11.8 Å². The van der Waals surface area contributed by atoms with Crippen LogP contribution in [0.3, 0.4) is 0 Å². The van der Waals surface area contributed by atoms with Gasteiger partial charge in [-0.15, -0.1) is 0 Å². The third-order valence-corrected chi connectivity index (χ3v) is 4.02. The molecule has 2 bridgehead atoms. The molecule has 2 unspecified atom stereocenters. The van der Waals surface area contributed by atoms with Crippen LogP contribution in [0.4, 0.5) is 0 Å². The fraction of sp³-hybridized carbons (Fsp3) is 1.00. The van der Waals surface area contributed by atoms with Crippen LogP contribution in [0.5, 0.6) is 0 Å². The predicted octanol–water partition coefficient (Wildman–Crippen LogP) is 1.13. The lowest BCUT2D eigenvalue weighted by molar-refractivity contribution is -0.124. The van der Waals surface area contributed by atoms with Crippen LogP contribution in [0.1, 0.15) is 26.2 Å². The van der Waals surface area contributed by atoms with Crippen LogP contribution in [0, 0.1) is 11.8 Å². The van der Waals surface area contributed by atoms with E-state index in [0.717, 1.165) is 58.9 Å². The Hall–Kier alpha value is -0.160. The maximum Gasteiger partial charge on any atom is 0.0665 e. The third kappa shape index (κ3) is 3.92. The van der Waals surface area contributed by atoms with Gasteiger partial charge in [0.25, 0.3) is 0 Å². The normalized spacial score (nSPS) is 32.7. The fourth-order valence-corrected chi connectivity index (χ4v) is 2.93. The summed E-state index contributed by atoms with van der Waals surface area (Å²) in [5, 5.41) is 10.0. The molecule has 0 aliphatic carbocycles. The molecule has 4 nitrogen and oxygen atoms in total. The van der Waals surface area contributed by atoms with Gasteiger partial charge in [-0.05, 0) is 12.8 Å². The van der Waals surface area contributed by atoms with Gasteiger partial charge in [0.05, 0.1) is 19.3 Å². The largest absolute Gasteiger partial charge is 0.392 e. The zero-order chi connectivity index (χ0) is 12.8. The van der Waals surface area contributed by atoms with E-state index in [4.69, 9.17) is 9.47 Å². The Balaban J connectivity index is 1.60. The van der Waals surface area contributed by atoms with Crippen molar-refractivity contribution >= 4 is 0 Å². The van der Waals surface area contributed by atoms with Gasteiger partial charge < -0.3 is 19.5 Å². The van der Waals surface area contributed by atoms with Crippen LogP contribution < -0.4 is 0 Å². The van der Waals surface area contributed by atoms with Gasteiger partial charge in [-0.3, -0.25) is 0 Å². The number of piperidine rings is 1. The second-order valence-electron chi connectivity index (χ2n) is 5.63. The Kier molecular flexibility index (Phi) is 5.89. The highest BCUT2D eigenvalue weighted by molar-refractivity contribution is 4.89. The van der Waals surface area contributed by atoms with E-state index in [9.17, 15) is 5.11 Å². The molecule has 0 aromatic carbocycles. The molecular weight excluding hydrogens is 230 g/mol. The molecule has 0 saturated carbocycles. The van der Waals surface area contributed by atoms with E-state index in [1.165, 1.54) is 6.42 Å². The number of aliphatic hydroxyl groups is 1. The molecule has 0 spiro atoms. The lowest BCUT2D eigenvalue weighted by atomic mass is 9.85. The van der Waals surface area contributed by atoms with Crippen molar-refractivity contribution in [2.24, 2.45) is 11.8 Å². The van der Waals surface area contributed by atoms with Crippen LogP contribution in [-0.4, -0.2) is 62.2 Å². The first-order valence-corrected chi connectivity index (χ1v) is 7.37. The van der Waals surface area contributed by atoms with Gasteiger partial charge in [0, 0.05) is 44.7 Å². The number of likely N-dealkylation sites (tertiary alicyclic amines) is 1. The average Bonchev–Trinajstić information content (AvgIpc) is 2.34. The van der Waals surface area contributed by atoms with Gasteiger partial charge in [-0.2, -0.15) is 0 Å². The van der Waals surface area contributed by atoms with Crippen molar-refractivity contribution in [2.75, 3.05) is 46.1 Å². The molecule has 0 radical (unpaired) electrons. The lowest BCUT2D eigenvalue weighted by Gasteiger charge is -2.44. The molecule has 106 valence electrons. The minimum atomic E-state index is -0.143. The van der Waals surface area contributed by atoms with Gasteiger partial charge in [-0.1, -0.05) is 13.3 Å². The van der Waals surface area contributed by atoms with Crippen LogP contribution in [0.2, 0.25) is 0 Å². The van der Waals surface area contributed by atoms with Crippen molar-refractivity contribution < 1.29 is 14.6 Å². The number of rotatable bonds is 7. The SMILES string of the molecule is CCCCOCCCN1CC2COCC(C1)C2O.